The van der Waals surface area contributed by atoms with Gasteiger partial charge in [0.1, 0.15) is 0 Å². The summed E-state index contributed by atoms with van der Waals surface area (Å²) in [4.78, 5) is 4.40. The molecular weight excluding hydrogens is 344 g/mol. The van der Waals surface area contributed by atoms with Gasteiger partial charge < -0.3 is 14.8 Å². The molecular formula is C17H15BrN2O2. The molecule has 0 aliphatic carbocycles. The number of ether oxygens (including phenoxy) is 2. The van der Waals surface area contributed by atoms with Crippen LogP contribution < -0.4 is 14.8 Å². The predicted octanol–water partition coefficient (Wildman–Crippen LogP) is 4.76. The zero-order valence-electron chi connectivity index (χ0n) is 12.3. The molecule has 2 aromatic carbocycles. The first-order chi connectivity index (χ1) is 10.7. The Balaban J connectivity index is 2.07. The molecule has 1 N–H and O–H groups in total. The first kappa shape index (κ1) is 14.7. The topological polar surface area (TPSA) is 43.4 Å². The zero-order valence-corrected chi connectivity index (χ0v) is 13.8. The van der Waals surface area contributed by atoms with Crippen LogP contribution in [-0.4, -0.2) is 19.2 Å². The van der Waals surface area contributed by atoms with Crippen molar-refractivity contribution < 1.29 is 9.47 Å². The minimum Gasteiger partial charge on any atom is -0.493 e. The molecule has 0 fully saturated rings. The molecule has 3 aromatic rings. The molecule has 0 aliphatic rings. The van der Waals surface area contributed by atoms with Crippen LogP contribution in [-0.2, 0) is 0 Å². The Morgan fingerprint density at radius 2 is 1.64 bits per heavy atom. The van der Waals surface area contributed by atoms with E-state index in [0.717, 1.165) is 26.8 Å². The normalized spacial score (nSPS) is 10.5. The molecule has 0 spiro atoms. The molecule has 0 radical (unpaired) electrons. The monoisotopic (exact) mass is 358 g/mol. The van der Waals surface area contributed by atoms with Crippen LogP contribution in [0.5, 0.6) is 11.5 Å². The summed E-state index contributed by atoms with van der Waals surface area (Å²) < 4.78 is 11.7. The van der Waals surface area contributed by atoms with E-state index in [2.05, 4.69) is 26.2 Å². The van der Waals surface area contributed by atoms with Crippen LogP contribution in [0.4, 0.5) is 11.4 Å². The fourth-order valence-electron chi connectivity index (χ4n) is 2.27. The van der Waals surface area contributed by atoms with Gasteiger partial charge in [-0.25, -0.2) is 0 Å². The highest BCUT2D eigenvalue weighted by molar-refractivity contribution is 9.10. The highest BCUT2D eigenvalue weighted by atomic mass is 79.9. The lowest BCUT2D eigenvalue weighted by Crippen LogP contribution is -1.95. The number of aromatic nitrogens is 1. The van der Waals surface area contributed by atoms with Crippen LogP contribution in [0.3, 0.4) is 0 Å². The Morgan fingerprint density at radius 1 is 0.955 bits per heavy atom. The third-order valence-corrected chi connectivity index (χ3v) is 3.90. The van der Waals surface area contributed by atoms with Gasteiger partial charge in [-0.3, -0.25) is 4.98 Å². The van der Waals surface area contributed by atoms with E-state index in [1.165, 1.54) is 0 Å². The van der Waals surface area contributed by atoms with E-state index in [0.29, 0.717) is 11.5 Å². The number of rotatable bonds is 4. The van der Waals surface area contributed by atoms with Crippen LogP contribution in [0.25, 0.3) is 10.9 Å². The summed E-state index contributed by atoms with van der Waals surface area (Å²) in [5, 5.41) is 4.38. The van der Waals surface area contributed by atoms with Gasteiger partial charge in [0.05, 0.1) is 19.7 Å². The van der Waals surface area contributed by atoms with E-state index in [4.69, 9.17) is 9.47 Å². The van der Waals surface area contributed by atoms with Crippen molar-refractivity contribution in [2.24, 2.45) is 0 Å². The van der Waals surface area contributed by atoms with Crippen LogP contribution in [0.15, 0.2) is 53.1 Å². The number of nitrogens with one attached hydrogen (secondary N) is 1. The van der Waals surface area contributed by atoms with Crippen LogP contribution >= 0.6 is 15.9 Å². The zero-order chi connectivity index (χ0) is 15.5. The van der Waals surface area contributed by atoms with Crippen molar-refractivity contribution in [3.63, 3.8) is 0 Å². The van der Waals surface area contributed by atoms with E-state index in [1.54, 1.807) is 20.4 Å². The molecule has 0 atom stereocenters. The van der Waals surface area contributed by atoms with E-state index < -0.39 is 0 Å². The second-order valence-electron chi connectivity index (χ2n) is 4.71. The number of hydrogen-bond donors (Lipinski definition) is 1. The fourth-order valence-corrected chi connectivity index (χ4v) is 2.53. The van der Waals surface area contributed by atoms with Gasteiger partial charge in [-0.05, 0) is 36.4 Å². The number of halogens is 1. The molecule has 0 aliphatic heterocycles. The summed E-state index contributed by atoms with van der Waals surface area (Å²) in [5.74, 6) is 1.35. The van der Waals surface area contributed by atoms with Crippen molar-refractivity contribution in [2.75, 3.05) is 19.5 Å². The van der Waals surface area contributed by atoms with E-state index >= 15 is 0 Å². The summed E-state index contributed by atoms with van der Waals surface area (Å²) in [7, 11) is 3.25. The molecule has 0 bridgehead atoms. The summed E-state index contributed by atoms with van der Waals surface area (Å²) >= 11 is 3.44. The Labute approximate surface area is 137 Å². The number of hydrogen-bond acceptors (Lipinski definition) is 4. The number of pyridine rings is 1. The maximum Gasteiger partial charge on any atom is 0.162 e. The maximum absolute atomic E-state index is 5.38. The highest BCUT2D eigenvalue weighted by Crippen LogP contribution is 2.35. The van der Waals surface area contributed by atoms with Gasteiger partial charge in [0, 0.05) is 33.5 Å². The average molecular weight is 359 g/mol. The lowest BCUT2D eigenvalue weighted by molar-refractivity contribution is 0.356. The van der Waals surface area contributed by atoms with Gasteiger partial charge >= 0.3 is 0 Å². The minimum absolute atomic E-state index is 0.670. The standard InChI is InChI=1S/C17H15BrN2O2/c1-21-16-9-13-14(20-12-5-3-11(18)4-6-12)7-8-19-15(13)10-17(16)22-2/h3-10H,1-2H3,(H,19,20). The number of methoxy groups -OCH3 is 2. The lowest BCUT2D eigenvalue weighted by Gasteiger charge is -2.13. The van der Waals surface area contributed by atoms with Gasteiger partial charge in [0.15, 0.2) is 11.5 Å². The molecule has 5 heteroatoms. The number of benzene rings is 2. The molecule has 0 saturated carbocycles. The van der Waals surface area contributed by atoms with Crippen LogP contribution in [0.2, 0.25) is 0 Å². The minimum atomic E-state index is 0.670. The molecule has 1 heterocycles. The van der Waals surface area contributed by atoms with Crippen molar-refractivity contribution in [1.82, 2.24) is 4.98 Å². The summed E-state index contributed by atoms with van der Waals surface area (Å²) in [5.41, 5.74) is 2.82. The highest BCUT2D eigenvalue weighted by Gasteiger charge is 2.10. The summed E-state index contributed by atoms with van der Waals surface area (Å²) in [6.07, 6.45) is 1.77. The van der Waals surface area contributed by atoms with Crippen molar-refractivity contribution >= 4 is 38.2 Å². The fraction of sp³-hybridized carbons (Fsp3) is 0.118. The lowest BCUT2D eigenvalue weighted by atomic mass is 10.1. The molecule has 1 aromatic heterocycles. The Morgan fingerprint density at radius 3 is 2.32 bits per heavy atom. The van der Waals surface area contributed by atoms with E-state index in [9.17, 15) is 0 Å². The Bertz CT molecular complexity index is 804. The number of anilines is 2. The van der Waals surface area contributed by atoms with Gasteiger partial charge in [-0.15, -0.1) is 0 Å². The third-order valence-electron chi connectivity index (χ3n) is 3.37. The molecule has 0 amide bonds. The van der Waals surface area contributed by atoms with Crippen molar-refractivity contribution in [3.8, 4) is 11.5 Å². The SMILES string of the molecule is COc1cc2nccc(Nc3ccc(Br)cc3)c2cc1OC. The summed E-state index contributed by atoms with van der Waals surface area (Å²) in [6, 6.07) is 13.8. The molecule has 3 rings (SSSR count). The summed E-state index contributed by atoms with van der Waals surface area (Å²) in [6.45, 7) is 0. The van der Waals surface area contributed by atoms with Crippen molar-refractivity contribution in [3.05, 3.63) is 53.1 Å². The van der Waals surface area contributed by atoms with Crippen molar-refractivity contribution in [1.29, 1.82) is 0 Å². The molecule has 22 heavy (non-hydrogen) atoms. The maximum atomic E-state index is 5.38. The quantitative estimate of drug-likeness (QED) is 0.730. The van der Waals surface area contributed by atoms with Gasteiger partial charge in [0.25, 0.3) is 0 Å². The van der Waals surface area contributed by atoms with Gasteiger partial charge in [-0.2, -0.15) is 0 Å². The van der Waals surface area contributed by atoms with Crippen molar-refractivity contribution in [2.45, 2.75) is 0 Å². The Kier molecular flexibility index (Phi) is 4.15. The third kappa shape index (κ3) is 2.85. The van der Waals surface area contributed by atoms with Crippen LogP contribution in [0, 0.1) is 0 Å². The molecule has 0 unspecified atom stereocenters. The average Bonchev–Trinajstić information content (AvgIpc) is 2.56. The first-order valence-corrected chi connectivity index (χ1v) is 7.54. The Hall–Kier alpha value is -2.27. The number of fused-ring (bicyclic) bond motifs is 1. The largest absolute Gasteiger partial charge is 0.493 e. The smallest absolute Gasteiger partial charge is 0.162 e. The van der Waals surface area contributed by atoms with Gasteiger partial charge in [-0.1, -0.05) is 15.9 Å². The number of nitrogens with zero attached hydrogens (tertiary/aromatic N) is 1. The molecule has 112 valence electrons. The molecule has 4 nitrogen and oxygen atoms in total. The van der Waals surface area contributed by atoms with E-state index in [-0.39, 0.29) is 0 Å². The van der Waals surface area contributed by atoms with Gasteiger partial charge in [0.2, 0.25) is 0 Å². The van der Waals surface area contributed by atoms with Crippen LogP contribution in [0.1, 0.15) is 0 Å². The predicted molar refractivity (Wildman–Crippen MR) is 92.3 cm³/mol. The second kappa shape index (κ2) is 6.23. The first-order valence-electron chi connectivity index (χ1n) is 6.74. The second-order valence-corrected chi connectivity index (χ2v) is 5.63. The molecule has 0 saturated heterocycles. The van der Waals surface area contributed by atoms with E-state index in [1.807, 2.05) is 42.5 Å².